The van der Waals surface area contributed by atoms with E-state index in [0.717, 1.165) is 0 Å². The van der Waals surface area contributed by atoms with Crippen LogP contribution in [-0.4, -0.2) is 36.2 Å². The van der Waals surface area contributed by atoms with Gasteiger partial charge >= 0.3 is 0 Å². The first-order valence-corrected chi connectivity index (χ1v) is 6.25. The van der Waals surface area contributed by atoms with Gasteiger partial charge in [-0.05, 0) is 27.1 Å². The summed E-state index contributed by atoms with van der Waals surface area (Å²) in [7, 11) is 3.78. The molecule has 0 aliphatic carbocycles. The Balaban J connectivity index is 2.38. The highest BCUT2D eigenvalue weighted by atomic mass is 16.6. The molecule has 106 valence electrons. The van der Waals surface area contributed by atoms with Crippen LogP contribution in [0.2, 0.25) is 0 Å². The molecule has 0 bridgehead atoms. The van der Waals surface area contributed by atoms with E-state index in [4.69, 9.17) is 4.42 Å². The SMILES string of the molecule is Cc1c(C(=O)CCN(C)C)oc2ccc([N+](=O)[O-])cc12. The molecule has 0 aliphatic rings. The second-order valence-electron chi connectivity index (χ2n) is 4.97. The second kappa shape index (κ2) is 5.42. The van der Waals surface area contributed by atoms with E-state index in [1.165, 1.54) is 18.2 Å². The fraction of sp³-hybridized carbons (Fsp3) is 0.357. The Labute approximate surface area is 116 Å². The van der Waals surface area contributed by atoms with E-state index in [-0.39, 0.29) is 11.5 Å². The number of hydrogen-bond acceptors (Lipinski definition) is 5. The van der Waals surface area contributed by atoms with Crippen molar-refractivity contribution in [2.75, 3.05) is 20.6 Å². The molecule has 20 heavy (non-hydrogen) atoms. The van der Waals surface area contributed by atoms with Crippen LogP contribution >= 0.6 is 0 Å². The number of Topliss-reactive ketones (excluding diaryl/α,β-unsaturated/α-hetero) is 1. The lowest BCUT2D eigenvalue weighted by molar-refractivity contribution is -0.384. The molecule has 2 rings (SSSR count). The van der Waals surface area contributed by atoms with E-state index in [2.05, 4.69) is 0 Å². The normalized spacial score (nSPS) is 11.2. The zero-order chi connectivity index (χ0) is 14.9. The molecular weight excluding hydrogens is 260 g/mol. The average molecular weight is 276 g/mol. The van der Waals surface area contributed by atoms with Crippen molar-refractivity contribution in [3.05, 3.63) is 39.6 Å². The van der Waals surface area contributed by atoms with Crippen molar-refractivity contribution in [3.63, 3.8) is 0 Å². The first-order chi connectivity index (χ1) is 9.40. The molecule has 0 aliphatic heterocycles. The van der Waals surface area contributed by atoms with Crippen molar-refractivity contribution < 1.29 is 14.1 Å². The summed E-state index contributed by atoms with van der Waals surface area (Å²) < 4.78 is 5.54. The van der Waals surface area contributed by atoms with Crippen LogP contribution in [0.1, 0.15) is 22.5 Å². The number of carbonyl (C=O) groups is 1. The van der Waals surface area contributed by atoms with Gasteiger partial charge in [0.25, 0.3) is 5.69 Å². The third-order valence-electron chi connectivity index (χ3n) is 3.17. The minimum atomic E-state index is -0.459. The van der Waals surface area contributed by atoms with Crippen LogP contribution in [0.25, 0.3) is 11.0 Å². The fourth-order valence-electron chi connectivity index (χ4n) is 2.03. The van der Waals surface area contributed by atoms with Crippen LogP contribution in [-0.2, 0) is 0 Å². The Bertz CT molecular complexity index is 673. The van der Waals surface area contributed by atoms with Crippen LogP contribution < -0.4 is 0 Å². The number of aryl methyl sites for hydroxylation is 1. The third-order valence-corrected chi connectivity index (χ3v) is 3.17. The smallest absolute Gasteiger partial charge is 0.270 e. The summed E-state index contributed by atoms with van der Waals surface area (Å²) in [6.07, 6.45) is 0.357. The highest BCUT2D eigenvalue weighted by Gasteiger charge is 2.19. The van der Waals surface area contributed by atoms with Crippen molar-refractivity contribution in [2.24, 2.45) is 0 Å². The van der Waals surface area contributed by atoms with Crippen LogP contribution in [0.3, 0.4) is 0 Å². The maximum absolute atomic E-state index is 12.1. The summed E-state index contributed by atoms with van der Waals surface area (Å²) in [5.41, 5.74) is 1.16. The van der Waals surface area contributed by atoms with Gasteiger partial charge in [0.2, 0.25) is 0 Å². The molecule has 0 saturated heterocycles. The number of hydrogen-bond donors (Lipinski definition) is 0. The molecule has 0 unspecified atom stereocenters. The molecule has 0 spiro atoms. The van der Waals surface area contributed by atoms with Gasteiger partial charge < -0.3 is 9.32 Å². The highest BCUT2D eigenvalue weighted by molar-refractivity contribution is 6.00. The van der Waals surface area contributed by atoms with E-state index in [1.54, 1.807) is 6.92 Å². The Morgan fingerprint density at radius 3 is 2.70 bits per heavy atom. The predicted octanol–water partition coefficient (Wildman–Crippen LogP) is 2.78. The van der Waals surface area contributed by atoms with E-state index in [0.29, 0.717) is 35.3 Å². The van der Waals surface area contributed by atoms with Gasteiger partial charge in [-0.2, -0.15) is 0 Å². The highest BCUT2D eigenvalue weighted by Crippen LogP contribution is 2.29. The number of furan rings is 1. The zero-order valence-electron chi connectivity index (χ0n) is 11.7. The molecule has 0 fully saturated rings. The Hall–Kier alpha value is -2.21. The number of nitro benzene ring substituents is 1. The van der Waals surface area contributed by atoms with Gasteiger partial charge in [-0.25, -0.2) is 0 Å². The van der Waals surface area contributed by atoms with Gasteiger partial charge in [-0.3, -0.25) is 14.9 Å². The third kappa shape index (κ3) is 2.70. The number of nitrogens with zero attached hydrogens (tertiary/aromatic N) is 2. The number of ketones is 1. The van der Waals surface area contributed by atoms with Gasteiger partial charge in [0, 0.05) is 36.0 Å². The lowest BCUT2D eigenvalue weighted by Crippen LogP contribution is -2.16. The van der Waals surface area contributed by atoms with E-state index < -0.39 is 4.92 Å². The van der Waals surface area contributed by atoms with Gasteiger partial charge in [0.1, 0.15) is 5.58 Å². The maximum Gasteiger partial charge on any atom is 0.270 e. The van der Waals surface area contributed by atoms with Crippen LogP contribution in [0.15, 0.2) is 22.6 Å². The van der Waals surface area contributed by atoms with Gasteiger partial charge in [-0.15, -0.1) is 0 Å². The van der Waals surface area contributed by atoms with E-state index in [1.807, 2.05) is 19.0 Å². The molecule has 6 nitrogen and oxygen atoms in total. The summed E-state index contributed by atoms with van der Waals surface area (Å²) in [6, 6.07) is 4.35. The monoisotopic (exact) mass is 276 g/mol. The summed E-state index contributed by atoms with van der Waals surface area (Å²) in [6.45, 7) is 2.38. The van der Waals surface area contributed by atoms with Gasteiger partial charge in [-0.1, -0.05) is 0 Å². The van der Waals surface area contributed by atoms with E-state index >= 15 is 0 Å². The fourth-order valence-corrected chi connectivity index (χ4v) is 2.03. The first kappa shape index (κ1) is 14.2. The molecule has 0 saturated carbocycles. The van der Waals surface area contributed by atoms with Crippen molar-refractivity contribution in [2.45, 2.75) is 13.3 Å². The summed E-state index contributed by atoms with van der Waals surface area (Å²) in [5.74, 6) is 0.206. The van der Waals surface area contributed by atoms with Crippen LogP contribution in [0.4, 0.5) is 5.69 Å². The topological polar surface area (TPSA) is 76.6 Å². The molecule has 0 atom stereocenters. The van der Waals surface area contributed by atoms with Gasteiger partial charge in [0.15, 0.2) is 11.5 Å². The number of carbonyl (C=O) groups excluding carboxylic acids is 1. The van der Waals surface area contributed by atoms with E-state index in [9.17, 15) is 14.9 Å². The van der Waals surface area contributed by atoms with Crippen molar-refractivity contribution in [1.82, 2.24) is 4.90 Å². The Morgan fingerprint density at radius 2 is 2.10 bits per heavy atom. The largest absolute Gasteiger partial charge is 0.453 e. The summed E-state index contributed by atoms with van der Waals surface area (Å²) in [4.78, 5) is 24.3. The molecule has 1 aromatic carbocycles. The first-order valence-electron chi connectivity index (χ1n) is 6.25. The van der Waals surface area contributed by atoms with Gasteiger partial charge in [0.05, 0.1) is 4.92 Å². The quantitative estimate of drug-likeness (QED) is 0.477. The second-order valence-corrected chi connectivity index (χ2v) is 4.97. The minimum absolute atomic E-state index is 0.00584. The number of rotatable bonds is 5. The zero-order valence-corrected chi connectivity index (χ0v) is 11.7. The number of non-ortho nitro benzene ring substituents is 1. The molecule has 0 radical (unpaired) electrons. The van der Waals surface area contributed by atoms with Crippen LogP contribution in [0.5, 0.6) is 0 Å². The number of benzene rings is 1. The molecule has 1 aromatic heterocycles. The molecule has 0 N–H and O–H groups in total. The van der Waals surface area contributed by atoms with Crippen molar-refractivity contribution in [1.29, 1.82) is 0 Å². The molecule has 0 amide bonds. The summed E-state index contributed by atoms with van der Waals surface area (Å²) in [5, 5.41) is 11.4. The average Bonchev–Trinajstić information content (AvgIpc) is 2.73. The van der Waals surface area contributed by atoms with Crippen LogP contribution in [0, 0.1) is 17.0 Å². The summed E-state index contributed by atoms with van der Waals surface area (Å²) >= 11 is 0. The lowest BCUT2D eigenvalue weighted by Gasteiger charge is -2.07. The molecule has 1 heterocycles. The Kier molecular flexibility index (Phi) is 3.85. The minimum Gasteiger partial charge on any atom is -0.453 e. The number of nitro groups is 1. The maximum atomic E-state index is 12.1. The van der Waals surface area contributed by atoms with Crippen molar-refractivity contribution >= 4 is 22.4 Å². The molecular formula is C14H16N2O4. The lowest BCUT2D eigenvalue weighted by atomic mass is 10.1. The standard InChI is InChI=1S/C14H16N2O4/c1-9-11-8-10(16(18)19)4-5-13(11)20-14(9)12(17)6-7-15(2)3/h4-5,8H,6-7H2,1-3H3. The predicted molar refractivity (Wildman–Crippen MR) is 75.1 cm³/mol. The molecule has 2 aromatic rings. The number of fused-ring (bicyclic) bond motifs is 1. The van der Waals surface area contributed by atoms with Crippen molar-refractivity contribution in [3.8, 4) is 0 Å². The molecule has 6 heteroatoms. The Morgan fingerprint density at radius 1 is 1.40 bits per heavy atom.